The van der Waals surface area contributed by atoms with Crippen molar-refractivity contribution in [1.29, 1.82) is 0 Å². The standard InChI is InChI=1S/C27H41N5O3.C9H14N2O.C3H8.C2H6/c1-7-9-21(28)31-20-14-29-24(16(2)3)32-15-19(23(33)27(20,32)6)30-25(34)17-10-8-11-18-22(17)35-13-12-26(18,4)5;1-7(9(12)11-4)5-6-8(2)10-3;1-3-2;1-2/h8,10-11,19-20,23,29,33H,7,9,12-15H2,1-6H3,(H2,28,31)(H,30,34);5-6H,1H2,2-4H3,(H,11,12);3H2,1-2H3;1-2H3/p+1/b;6-5-,10-8?;;. The molecule has 4 unspecified atom stereocenters. The zero-order chi connectivity index (χ0) is 39.8. The van der Waals surface area contributed by atoms with E-state index < -0.39 is 17.7 Å². The number of aliphatic hydroxyl groups is 1. The van der Waals surface area contributed by atoms with Crippen molar-refractivity contribution < 1.29 is 24.4 Å². The molecule has 2 amide bonds. The van der Waals surface area contributed by atoms with Crippen molar-refractivity contribution in [3.63, 3.8) is 0 Å². The second-order valence-corrected chi connectivity index (χ2v) is 14.2. The van der Waals surface area contributed by atoms with Crippen molar-refractivity contribution in [1.82, 2.24) is 20.9 Å². The Labute approximate surface area is 314 Å². The molecule has 52 heavy (non-hydrogen) atoms. The van der Waals surface area contributed by atoms with E-state index in [1.165, 1.54) is 6.42 Å². The summed E-state index contributed by atoms with van der Waals surface area (Å²) < 4.78 is 5.97. The smallest absolute Gasteiger partial charge is 0.255 e. The Morgan fingerprint density at radius 1 is 1.17 bits per heavy atom. The highest BCUT2D eigenvalue weighted by Gasteiger charge is 2.59. The fraction of sp³-hybridized carbons (Fsp3) is 0.610. The lowest BCUT2D eigenvalue weighted by atomic mass is 9.79. The number of nitrogens with zero attached hydrogens (tertiary/aromatic N) is 2. The van der Waals surface area contributed by atoms with Gasteiger partial charge in [-0.3, -0.25) is 25.3 Å². The highest BCUT2D eigenvalue weighted by atomic mass is 16.5. The minimum absolute atomic E-state index is 0.0529. The molecule has 0 bridgehead atoms. The van der Waals surface area contributed by atoms with E-state index in [-0.39, 0.29) is 23.3 Å². The van der Waals surface area contributed by atoms with Gasteiger partial charge in [0.05, 0.1) is 24.8 Å². The zero-order valence-corrected chi connectivity index (χ0v) is 34.4. The first-order chi connectivity index (χ1) is 24.5. The number of amidine groups is 1. The minimum Gasteiger partial charge on any atom is -0.492 e. The lowest BCUT2D eigenvalue weighted by molar-refractivity contribution is -0.525. The first kappa shape index (κ1) is 45.9. The average Bonchev–Trinajstić information content (AvgIpc) is 3.37. The van der Waals surface area contributed by atoms with Crippen molar-refractivity contribution in [3.05, 3.63) is 65.0 Å². The van der Waals surface area contributed by atoms with Gasteiger partial charge >= 0.3 is 0 Å². The SMILES string of the molecule is C=C(/C=C\C(C)=NC)C(=O)NC.CC.CCC.CCCC(N)=[NH+]C1CNC(=C(C)C)N2CC(NC(=O)c3cccc4c3OCCC4(C)C)C(O)C12C. The van der Waals surface area contributed by atoms with Crippen LogP contribution < -0.4 is 31.4 Å². The van der Waals surface area contributed by atoms with Crippen LogP contribution in [0.3, 0.4) is 0 Å². The predicted molar refractivity (Wildman–Crippen MR) is 216 cm³/mol. The van der Waals surface area contributed by atoms with Crippen LogP contribution in [0.15, 0.2) is 58.9 Å². The average molecular weight is 725 g/mol. The summed E-state index contributed by atoms with van der Waals surface area (Å²) in [6.45, 7) is 28.0. The number of hydrogen-bond donors (Lipinski definition) is 6. The van der Waals surface area contributed by atoms with E-state index in [0.29, 0.717) is 36.6 Å². The Hall–Kier alpha value is -4.12. The van der Waals surface area contributed by atoms with Gasteiger partial charge < -0.3 is 30.7 Å². The summed E-state index contributed by atoms with van der Waals surface area (Å²) in [5, 5.41) is 20.8. The van der Waals surface area contributed by atoms with Crippen LogP contribution >= 0.6 is 0 Å². The maximum atomic E-state index is 13.5. The Balaban J connectivity index is 0.000000668. The third kappa shape index (κ3) is 11.4. The van der Waals surface area contributed by atoms with E-state index in [1.54, 1.807) is 32.3 Å². The van der Waals surface area contributed by atoms with Gasteiger partial charge in [-0.05, 0) is 69.7 Å². The van der Waals surface area contributed by atoms with Gasteiger partial charge in [-0.2, -0.15) is 0 Å². The van der Waals surface area contributed by atoms with Crippen LogP contribution in [0.4, 0.5) is 0 Å². The molecule has 1 aromatic rings. The van der Waals surface area contributed by atoms with Gasteiger partial charge in [0.1, 0.15) is 29.3 Å². The van der Waals surface area contributed by atoms with Crippen molar-refractivity contribution in [2.24, 2.45) is 10.7 Å². The second kappa shape index (κ2) is 21.4. The molecule has 3 heterocycles. The van der Waals surface area contributed by atoms with Gasteiger partial charge in [-0.25, -0.2) is 0 Å². The Kier molecular flexibility index (Phi) is 18.9. The fourth-order valence-electron chi connectivity index (χ4n) is 6.35. The molecule has 0 spiro atoms. The highest BCUT2D eigenvalue weighted by Crippen LogP contribution is 2.41. The summed E-state index contributed by atoms with van der Waals surface area (Å²) in [4.78, 5) is 34.0. The van der Waals surface area contributed by atoms with E-state index in [9.17, 15) is 14.7 Å². The second-order valence-electron chi connectivity index (χ2n) is 14.2. The molecule has 2 fully saturated rings. The van der Waals surface area contributed by atoms with Crippen molar-refractivity contribution in [2.45, 2.75) is 131 Å². The number of benzene rings is 1. The molecule has 3 aliphatic heterocycles. The van der Waals surface area contributed by atoms with Crippen LogP contribution in [0.1, 0.15) is 118 Å². The molecule has 7 N–H and O–H groups in total. The summed E-state index contributed by atoms with van der Waals surface area (Å²) >= 11 is 0. The number of aliphatic hydroxyl groups excluding tert-OH is 1. The molecule has 4 rings (SSSR count). The maximum Gasteiger partial charge on any atom is 0.255 e. The van der Waals surface area contributed by atoms with Crippen LogP contribution in [-0.2, 0) is 10.2 Å². The predicted octanol–water partition coefficient (Wildman–Crippen LogP) is 4.12. The van der Waals surface area contributed by atoms with Crippen LogP contribution in [0.2, 0.25) is 0 Å². The van der Waals surface area contributed by atoms with Crippen LogP contribution in [0.25, 0.3) is 0 Å². The number of nitrogens with two attached hydrogens (primary N) is 1. The largest absolute Gasteiger partial charge is 0.492 e. The first-order valence-electron chi connectivity index (χ1n) is 18.9. The molecule has 0 saturated carbocycles. The van der Waals surface area contributed by atoms with E-state index >= 15 is 0 Å². The third-order valence-corrected chi connectivity index (χ3v) is 9.42. The normalized spacial score (nSPS) is 23.1. The number of fused-ring (bicyclic) bond motifs is 2. The number of nitrogens with one attached hydrogen (secondary N) is 4. The summed E-state index contributed by atoms with van der Waals surface area (Å²) in [6, 6.07) is 5.18. The Bertz CT molecular complexity index is 1480. The zero-order valence-electron chi connectivity index (χ0n) is 34.4. The summed E-state index contributed by atoms with van der Waals surface area (Å²) in [5.41, 5.74) is 9.55. The Morgan fingerprint density at radius 2 is 1.81 bits per heavy atom. The number of rotatable bonds is 8. The minimum atomic E-state index is -0.799. The Morgan fingerprint density at radius 3 is 2.37 bits per heavy atom. The number of carbonyl (C=O) groups excluding carboxylic acids is 2. The van der Waals surface area contributed by atoms with Crippen LogP contribution in [-0.4, -0.2) is 90.9 Å². The monoisotopic (exact) mass is 725 g/mol. The molecular formula is C41H70N7O4+. The van der Waals surface area contributed by atoms with E-state index in [4.69, 9.17) is 10.5 Å². The molecular weight excluding hydrogens is 654 g/mol. The summed E-state index contributed by atoms with van der Waals surface area (Å²) in [7, 11) is 3.27. The molecule has 1 aromatic carbocycles. The van der Waals surface area contributed by atoms with Crippen molar-refractivity contribution >= 4 is 23.4 Å². The van der Waals surface area contributed by atoms with Gasteiger partial charge in [0.2, 0.25) is 11.7 Å². The molecule has 0 aromatic heterocycles. The fourth-order valence-corrected chi connectivity index (χ4v) is 6.35. The van der Waals surface area contributed by atoms with Gasteiger partial charge in [-0.15, -0.1) is 0 Å². The van der Waals surface area contributed by atoms with E-state index in [0.717, 1.165) is 47.8 Å². The lowest BCUT2D eigenvalue weighted by Gasteiger charge is -2.47. The number of para-hydroxylation sites is 1. The van der Waals surface area contributed by atoms with E-state index in [2.05, 4.69) is 92.8 Å². The maximum absolute atomic E-state index is 13.5. The van der Waals surface area contributed by atoms with Crippen LogP contribution in [0, 0.1) is 0 Å². The van der Waals surface area contributed by atoms with Gasteiger partial charge in [0, 0.05) is 43.9 Å². The highest BCUT2D eigenvalue weighted by molar-refractivity contribution is 5.99. The van der Waals surface area contributed by atoms with E-state index in [1.807, 2.05) is 32.9 Å². The number of hydrogen-bond acceptors (Lipinski definition) is 7. The molecule has 4 atom stereocenters. The number of likely N-dealkylation sites (N-methyl/N-ethyl adjacent to an activating group) is 1. The third-order valence-electron chi connectivity index (χ3n) is 9.42. The number of amides is 2. The van der Waals surface area contributed by atoms with Crippen molar-refractivity contribution in [2.75, 3.05) is 33.8 Å². The van der Waals surface area contributed by atoms with Gasteiger partial charge in [0.25, 0.3) is 5.91 Å². The number of allylic oxidation sites excluding steroid dienone is 2. The number of ether oxygens (including phenoxy) is 1. The molecule has 2 saturated heterocycles. The lowest BCUT2D eigenvalue weighted by Crippen LogP contribution is -2.92. The molecule has 11 heteroatoms. The number of aliphatic imine (C=N–C) groups is 1. The summed E-state index contributed by atoms with van der Waals surface area (Å²) in [5.74, 6) is 1.98. The first-order valence-corrected chi connectivity index (χ1v) is 18.9. The quantitative estimate of drug-likeness (QED) is 0.102. The molecule has 3 aliphatic rings. The van der Waals surface area contributed by atoms with Gasteiger partial charge in [0.15, 0.2) is 0 Å². The summed E-state index contributed by atoms with van der Waals surface area (Å²) in [6.07, 6.45) is 6.46. The molecule has 0 aliphatic carbocycles. The molecule has 11 nitrogen and oxygen atoms in total. The molecule has 292 valence electrons. The number of carbonyl (C=O) groups is 2. The molecule has 0 radical (unpaired) electrons. The van der Waals surface area contributed by atoms with Crippen LogP contribution in [0.5, 0.6) is 5.75 Å². The van der Waals surface area contributed by atoms with Gasteiger partial charge in [-0.1, -0.05) is 73.6 Å². The van der Waals surface area contributed by atoms with Crippen molar-refractivity contribution in [3.8, 4) is 5.75 Å². The topological polar surface area (TPSA) is 155 Å².